The number of hydrogen-bond donors (Lipinski definition) is 2. The van der Waals surface area contributed by atoms with Crippen LogP contribution in [0.3, 0.4) is 0 Å². The molecule has 3 rings (SSSR count). The number of amides is 2. The van der Waals surface area contributed by atoms with Crippen LogP contribution in [0.2, 0.25) is 0 Å². The van der Waals surface area contributed by atoms with Crippen molar-refractivity contribution in [2.75, 3.05) is 10.6 Å². The van der Waals surface area contributed by atoms with Crippen LogP contribution in [-0.2, 0) is 11.2 Å². The van der Waals surface area contributed by atoms with Gasteiger partial charge in [0, 0.05) is 28.2 Å². The van der Waals surface area contributed by atoms with E-state index < -0.39 is 0 Å². The molecule has 28 heavy (non-hydrogen) atoms. The van der Waals surface area contributed by atoms with Crippen LogP contribution in [-0.4, -0.2) is 16.8 Å². The maximum Gasteiger partial charge on any atom is 0.255 e. The number of benzene rings is 2. The van der Waals surface area contributed by atoms with Crippen molar-refractivity contribution in [2.24, 2.45) is 0 Å². The monoisotopic (exact) mass is 393 g/mol. The predicted octanol–water partition coefficient (Wildman–Crippen LogP) is 5.01. The van der Waals surface area contributed by atoms with E-state index in [-0.39, 0.29) is 18.2 Å². The van der Waals surface area contributed by atoms with Crippen LogP contribution < -0.4 is 10.6 Å². The fourth-order valence-corrected chi connectivity index (χ4v) is 3.49. The molecule has 0 fully saturated rings. The quantitative estimate of drug-likeness (QED) is 0.618. The van der Waals surface area contributed by atoms with Gasteiger partial charge in [-0.1, -0.05) is 38.1 Å². The van der Waals surface area contributed by atoms with E-state index in [4.69, 9.17) is 0 Å². The molecule has 0 unspecified atom stereocenters. The Balaban J connectivity index is 1.68. The molecule has 0 spiro atoms. The number of carbonyl (C=O) groups excluding carboxylic acids is 2. The van der Waals surface area contributed by atoms with Crippen molar-refractivity contribution in [3.8, 4) is 0 Å². The molecule has 0 atom stereocenters. The van der Waals surface area contributed by atoms with E-state index in [0.29, 0.717) is 17.2 Å². The van der Waals surface area contributed by atoms with Gasteiger partial charge in [0.05, 0.1) is 17.1 Å². The molecule has 0 bridgehead atoms. The molecular formula is C22H23N3O2S. The molecule has 6 heteroatoms. The van der Waals surface area contributed by atoms with Gasteiger partial charge in [-0.25, -0.2) is 4.98 Å². The first-order valence-electron chi connectivity index (χ1n) is 9.13. The van der Waals surface area contributed by atoms with Crippen LogP contribution in [0.15, 0.2) is 53.9 Å². The number of nitrogens with one attached hydrogen (secondary N) is 2. The highest BCUT2D eigenvalue weighted by molar-refractivity contribution is 7.09. The summed E-state index contributed by atoms with van der Waals surface area (Å²) in [7, 11) is 0. The van der Waals surface area contributed by atoms with Crippen LogP contribution in [0, 0.1) is 6.92 Å². The SMILES string of the molecule is Cc1ccc(C(=O)Nc2ccccc2)cc1NC(=O)Cc1csc(C(C)C)n1. The number of anilines is 2. The van der Waals surface area contributed by atoms with Crippen molar-refractivity contribution < 1.29 is 9.59 Å². The smallest absolute Gasteiger partial charge is 0.255 e. The second-order valence-electron chi connectivity index (χ2n) is 6.91. The molecule has 2 amide bonds. The Morgan fingerprint density at radius 1 is 1.07 bits per heavy atom. The van der Waals surface area contributed by atoms with Gasteiger partial charge in [0.25, 0.3) is 5.91 Å². The number of para-hydroxylation sites is 1. The van der Waals surface area contributed by atoms with Gasteiger partial charge in [-0.3, -0.25) is 9.59 Å². The average Bonchev–Trinajstić information content (AvgIpc) is 3.13. The minimum atomic E-state index is -0.220. The summed E-state index contributed by atoms with van der Waals surface area (Å²) in [5.41, 5.74) is 3.50. The van der Waals surface area contributed by atoms with E-state index in [9.17, 15) is 9.59 Å². The topological polar surface area (TPSA) is 71.1 Å². The third kappa shape index (κ3) is 5.04. The maximum absolute atomic E-state index is 12.5. The Kier molecular flexibility index (Phi) is 6.21. The highest BCUT2D eigenvalue weighted by atomic mass is 32.1. The highest BCUT2D eigenvalue weighted by Gasteiger charge is 2.13. The molecule has 0 aliphatic carbocycles. The van der Waals surface area contributed by atoms with E-state index in [0.717, 1.165) is 22.0 Å². The Morgan fingerprint density at radius 3 is 2.50 bits per heavy atom. The van der Waals surface area contributed by atoms with E-state index in [1.54, 1.807) is 23.5 Å². The largest absolute Gasteiger partial charge is 0.325 e. The number of thiazole rings is 1. The first-order valence-corrected chi connectivity index (χ1v) is 10.0. The Bertz CT molecular complexity index is 980. The molecule has 1 aromatic heterocycles. The molecule has 0 aliphatic heterocycles. The average molecular weight is 394 g/mol. The van der Waals surface area contributed by atoms with Crippen molar-refractivity contribution in [3.63, 3.8) is 0 Å². The summed E-state index contributed by atoms with van der Waals surface area (Å²) >= 11 is 1.57. The predicted molar refractivity (Wildman–Crippen MR) is 114 cm³/mol. The summed E-state index contributed by atoms with van der Waals surface area (Å²) in [5, 5.41) is 8.70. The highest BCUT2D eigenvalue weighted by Crippen LogP contribution is 2.21. The molecule has 0 saturated heterocycles. The Labute approximate surface area is 168 Å². The zero-order chi connectivity index (χ0) is 20.1. The third-order valence-electron chi connectivity index (χ3n) is 4.21. The second-order valence-corrected chi connectivity index (χ2v) is 7.80. The molecular weight excluding hydrogens is 370 g/mol. The van der Waals surface area contributed by atoms with Gasteiger partial charge >= 0.3 is 0 Å². The summed E-state index contributed by atoms with van der Waals surface area (Å²) in [4.78, 5) is 29.4. The molecule has 0 radical (unpaired) electrons. The van der Waals surface area contributed by atoms with Crippen molar-refractivity contribution in [3.05, 3.63) is 75.7 Å². The lowest BCUT2D eigenvalue weighted by Crippen LogP contribution is -2.17. The summed E-state index contributed by atoms with van der Waals surface area (Å²) in [6, 6.07) is 14.5. The van der Waals surface area contributed by atoms with Gasteiger partial charge in [-0.2, -0.15) is 0 Å². The molecule has 0 saturated carbocycles. The van der Waals surface area contributed by atoms with Crippen LogP contribution in [0.1, 0.15) is 46.4 Å². The number of carbonyl (C=O) groups is 2. The van der Waals surface area contributed by atoms with Crippen molar-refractivity contribution in [2.45, 2.75) is 33.1 Å². The summed E-state index contributed by atoms with van der Waals surface area (Å²) in [5.74, 6) is -0.0176. The molecule has 0 aliphatic rings. The van der Waals surface area contributed by atoms with Gasteiger partial charge in [0.2, 0.25) is 5.91 Å². The summed E-state index contributed by atoms with van der Waals surface area (Å²) in [6.45, 7) is 6.06. The van der Waals surface area contributed by atoms with E-state index >= 15 is 0 Å². The number of aromatic nitrogens is 1. The van der Waals surface area contributed by atoms with Gasteiger partial charge in [0.15, 0.2) is 0 Å². The molecule has 2 N–H and O–H groups in total. The number of nitrogens with zero attached hydrogens (tertiary/aromatic N) is 1. The lowest BCUT2D eigenvalue weighted by atomic mass is 10.1. The van der Waals surface area contributed by atoms with Crippen LogP contribution in [0.25, 0.3) is 0 Å². The maximum atomic E-state index is 12.5. The zero-order valence-corrected chi connectivity index (χ0v) is 17.0. The van der Waals surface area contributed by atoms with E-state index in [1.165, 1.54) is 0 Å². The lowest BCUT2D eigenvalue weighted by molar-refractivity contribution is -0.115. The molecule has 144 valence electrons. The minimum Gasteiger partial charge on any atom is -0.325 e. The number of rotatable bonds is 6. The van der Waals surface area contributed by atoms with Gasteiger partial charge in [-0.15, -0.1) is 11.3 Å². The van der Waals surface area contributed by atoms with Crippen molar-refractivity contribution >= 4 is 34.5 Å². The first-order chi connectivity index (χ1) is 13.4. The molecule has 3 aromatic rings. The van der Waals surface area contributed by atoms with Gasteiger partial charge < -0.3 is 10.6 Å². The standard InChI is InChI=1S/C22H23N3O2S/c1-14(2)22-24-18(13-28-22)12-20(26)25-19-11-16(10-9-15(19)3)21(27)23-17-7-5-4-6-8-17/h4-11,13-14H,12H2,1-3H3,(H,23,27)(H,25,26). The van der Waals surface area contributed by atoms with Gasteiger partial charge in [0.1, 0.15) is 0 Å². The normalized spacial score (nSPS) is 10.7. The van der Waals surface area contributed by atoms with E-state index in [1.807, 2.05) is 48.7 Å². The van der Waals surface area contributed by atoms with Crippen molar-refractivity contribution in [1.82, 2.24) is 4.98 Å². The van der Waals surface area contributed by atoms with Crippen LogP contribution >= 0.6 is 11.3 Å². The first kappa shape index (κ1) is 19.8. The fourth-order valence-electron chi connectivity index (χ4n) is 2.65. The summed E-state index contributed by atoms with van der Waals surface area (Å²) in [6.07, 6.45) is 0.211. The second kappa shape index (κ2) is 8.80. The third-order valence-corrected chi connectivity index (χ3v) is 5.40. The molecule has 5 nitrogen and oxygen atoms in total. The Hall–Kier alpha value is -2.99. The summed E-state index contributed by atoms with van der Waals surface area (Å²) < 4.78 is 0. The minimum absolute atomic E-state index is 0.149. The van der Waals surface area contributed by atoms with Gasteiger partial charge in [-0.05, 0) is 36.8 Å². The Morgan fingerprint density at radius 2 is 1.82 bits per heavy atom. The number of hydrogen-bond acceptors (Lipinski definition) is 4. The lowest BCUT2D eigenvalue weighted by Gasteiger charge is -2.11. The zero-order valence-electron chi connectivity index (χ0n) is 16.2. The van der Waals surface area contributed by atoms with Crippen LogP contribution in [0.4, 0.5) is 11.4 Å². The van der Waals surface area contributed by atoms with Crippen molar-refractivity contribution in [1.29, 1.82) is 0 Å². The molecule has 1 heterocycles. The molecule has 2 aromatic carbocycles. The fraction of sp³-hybridized carbons (Fsp3) is 0.227. The van der Waals surface area contributed by atoms with E-state index in [2.05, 4.69) is 29.5 Å². The number of aryl methyl sites for hydroxylation is 1. The van der Waals surface area contributed by atoms with Crippen LogP contribution in [0.5, 0.6) is 0 Å².